The number of imide groups is 1. The topological polar surface area (TPSA) is 58.6 Å². The van der Waals surface area contributed by atoms with E-state index < -0.39 is 0 Å². The predicted octanol–water partition coefficient (Wildman–Crippen LogP) is 4.14. The summed E-state index contributed by atoms with van der Waals surface area (Å²) in [5.74, 6) is 1.76. The largest absolute Gasteiger partial charge is 0.492 e. The van der Waals surface area contributed by atoms with Crippen molar-refractivity contribution in [3.63, 3.8) is 0 Å². The van der Waals surface area contributed by atoms with Crippen LogP contribution in [0.4, 0.5) is 4.79 Å². The third kappa shape index (κ3) is 5.39. The third-order valence-electron chi connectivity index (χ3n) is 5.50. The lowest BCUT2D eigenvalue weighted by atomic mass is 10.1. The third-order valence-corrected chi connectivity index (χ3v) is 7.72. The van der Waals surface area contributed by atoms with Gasteiger partial charge in [0.25, 0.3) is 5.24 Å². The highest BCUT2D eigenvalue weighted by Gasteiger charge is 2.31. The first-order valence-electron chi connectivity index (χ1n) is 10.2. The summed E-state index contributed by atoms with van der Waals surface area (Å²) in [5.41, 5.74) is 2.42. The summed E-state index contributed by atoms with van der Waals surface area (Å²) < 4.78 is 6.04. The summed E-state index contributed by atoms with van der Waals surface area (Å²) in [7, 11) is 0. The first kappa shape index (κ1) is 21.3. The van der Waals surface area contributed by atoms with Crippen molar-refractivity contribution in [3.8, 4) is 5.75 Å². The predicted molar refractivity (Wildman–Crippen MR) is 123 cm³/mol. The van der Waals surface area contributed by atoms with E-state index in [-0.39, 0.29) is 16.4 Å². The molecule has 2 aromatic carbocycles. The molecule has 2 amide bonds. The standard InChI is InChI=1S/C23H26N2O3S2/c1-16(25-11-12-29-21(14-25)18-5-3-2-4-6-18)15-28-19-9-7-17(8-10-19)13-20-22(26)24-23(27)30-20/h2-10,16,20-21H,11-15H2,1H3,(H,24,26,27). The van der Waals surface area contributed by atoms with E-state index in [9.17, 15) is 9.59 Å². The lowest BCUT2D eigenvalue weighted by molar-refractivity contribution is -0.118. The average Bonchev–Trinajstić information content (AvgIpc) is 3.10. The molecule has 0 radical (unpaired) electrons. The molecule has 2 aliphatic heterocycles. The van der Waals surface area contributed by atoms with Crippen LogP contribution in [0.2, 0.25) is 0 Å². The highest BCUT2D eigenvalue weighted by atomic mass is 32.2. The van der Waals surface area contributed by atoms with E-state index in [0.29, 0.717) is 24.3 Å². The molecule has 0 spiro atoms. The summed E-state index contributed by atoms with van der Waals surface area (Å²) in [6, 6.07) is 18.9. The van der Waals surface area contributed by atoms with E-state index in [1.54, 1.807) is 0 Å². The number of amides is 2. The molecule has 2 aromatic rings. The zero-order valence-electron chi connectivity index (χ0n) is 17.0. The van der Waals surface area contributed by atoms with Crippen molar-refractivity contribution in [1.29, 1.82) is 0 Å². The molecule has 5 nitrogen and oxygen atoms in total. The van der Waals surface area contributed by atoms with Crippen molar-refractivity contribution < 1.29 is 14.3 Å². The van der Waals surface area contributed by atoms with Gasteiger partial charge in [-0.1, -0.05) is 54.2 Å². The SMILES string of the molecule is CC(COc1ccc(CC2SC(=O)NC2=O)cc1)N1CCSC(c2ccccc2)C1. The molecule has 2 fully saturated rings. The minimum absolute atomic E-state index is 0.201. The molecule has 2 saturated heterocycles. The molecule has 3 unspecified atom stereocenters. The first-order valence-corrected chi connectivity index (χ1v) is 12.1. The number of hydrogen-bond donors (Lipinski definition) is 1. The summed E-state index contributed by atoms with van der Waals surface area (Å²) in [6.07, 6.45) is 0.547. The highest BCUT2D eigenvalue weighted by Crippen LogP contribution is 2.33. The molecule has 0 saturated carbocycles. The Hall–Kier alpha value is -1.96. The normalized spacial score (nSPS) is 23.2. The molecule has 2 heterocycles. The Morgan fingerprint density at radius 2 is 1.90 bits per heavy atom. The fraction of sp³-hybridized carbons (Fsp3) is 0.391. The molecule has 1 N–H and O–H groups in total. The van der Waals surface area contributed by atoms with Crippen LogP contribution >= 0.6 is 23.5 Å². The van der Waals surface area contributed by atoms with Gasteiger partial charge < -0.3 is 4.74 Å². The molecular formula is C23H26N2O3S2. The molecule has 4 rings (SSSR count). The maximum absolute atomic E-state index is 11.7. The van der Waals surface area contributed by atoms with Crippen molar-refractivity contribution in [2.45, 2.75) is 29.9 Å². The number of ether oxygens (including phenoxy) is 1. The minimum Gasteiger partial charge on any atom is -0.492 e. The number of carbonyl (C=O) groups excluding carboxylic acids is 2. The van der Waals surface area contributed by atoms with Gasteiger partial charge in [-0.25, -0.2) is 0 Å². The van der Waals surface area contributed by atoms with Crippen LogP contribution in [-0.2, 0) is 11.2 Å². The first-order chi connectivity index (χ1) is 14.6. The summed E-state index contributed by atoms with van der Waals surface area (Å²) in [6.45, 7) is 4.98. The summed E-state index contributed by atoms with van der Waals surface area (Å²) in [4.78, 5) is 25.5. The monoisotopic (exact) mass is 442 g/mol. The Labute approximate surface area is 185 Å². The van der Waals surface area contributed by atoms with E-state index in [1.807, 2.05) is 36.0 Å². The second-order valence-corrected chi connectivity index (χ2v) is 10.1. The zero-order chi connectivity index (χ0) is 20.9. The minimum atomic E-state index is -0.334. The highest BCUT2D eigenvalue weighted by molar-refractivity contribution is 8.15. The van der Waals surface area contributed by atoms with Crippen LogP contribution < -0.4 is 10.1 Å². The Morgan fingerprint density at radius 1 is 1.13 bits per heavy atom. The number of nitrogens with zero attached hydrogens (tertiary/aromatic N) is 1. The molecule has 2 aliphatic rings. The van der Waals surface area contributed by atoms with E-state index in [2.05, 4.69) is 47.5 Å². The van der Waals surface area contributed by atoms with Gasteiger partial charge in [-0.05, 0) is 36.6 Å². The second kappa shape index (κ2) is 9.90. The lowest BCUT2D eigenvalue weighted by Crippen LogP contribution is -2.43. The van der Waals surface area contributed by atoms with Crippen LogP contribution in [0.3, 0.4) is 0 Å². The van der Waals surface area contributed by atoms with Crippen molar-refractivity contribution in [2.75, 3.05) is 25.4 Å². The van der Waals surface area contributed by atoms with E-state index in [1.165, 1.54) is 5.56 Å². The zero-order valence-corrected chi connectivity index (χ0v) is 18.6. The van der Waals surface area contributed by atoms with Gasteiger partial charge in [0.05, 0.1) is 5.25 Å². The van der Waals surface area contributed by atoms with Gasteiger partial charge in [0.15, 0.2) is 0 Å². The molecule has 0 aliphatic carbocycles. The van der Waals surface area contributed by atoms with Crippen molar-refractivity contribution >= 4 is 34.7 Å². The second-order valence-electron chi connectivity index (χ2n) is 7.66. The maximum atomic E-state index is 11.7. The van der Waals surface area contributed by atoms with Gasteiger partial charge in [-0.15, -0.1) is 0 Å². The van der Waals surface area contributed by atoms with Crippen LogP contribution in [0.15, 0.2) is 54.6 Å². The smallest absolute Gasteiger partial charge is 0.286 e. The fourth-order valence-corrected chi connectivity index (χ4v) is 5.86. The van der Waals surface area contributed by atoms with Crippen LogP contribution in [0.25, 0.3) is 0 Å². The van der Waals surface area contributed by atoms with Gasteiger partial charge >= 0.3 is 0 Å². The van der Waals surface area contributed by atoms with Crippen LogP contribution in [-0.4, -0.2) is 52.8 Å². The van der Waals surface area contributed by atoms with Gasteiger partial charge in [0.2, 0.25) is 5.91 Å². The number of rotatable bonds is 7. The molecule has 30 heavy (non-hydrogen) atoms. The van der Waals surface area contributed by atoms with Crippen LogP contribution in [0.1, 0.15) is 23.3 Å². The van der Waals surface area contributed by atoms with Crippen molar-refractivity contribution in [3.05, 3.63) is 65.7 Å². The molecule has 3 atom stereocenters. The Kier molecular flexibility index (Phi) is 7.02. The lowest BCUT2D eigenvalue weighted by Gasteiger charge is -2.36. The van der Waals surface area contributed by atoms with Gasteiger partial charge in [-0.3, -0.25) is 19.8 Å². The Morgan fingerprint density at radius 3 is 2.60 bits per heavy atom. The quantitative estimate of drug-likeness (QED) is 0.696. The number of thioether (sulfide) groups is 2. The summed E-state index contributed by atoms with van der Waals surface area (Å²) in [5, 5.41) is 2.25. The number of benzene rings is 2. The van der Waals surface area contributed by atoms with Crippen LogP contribution in [0, 0.1) is 0 Å². The molecule has 0 aromatic heterocycles. The van der Waals surface area contributed by atoms with E-state index in [0.717, 1.165) is 41.9 Å². The van der Waals surface area contributed by atoms with Crippen molar-refractivity contribution in [1.82, 2.24) is 10.2 Å². The van der Waals surface area contributed by atoms with Crippen LogP contribution in [0.5, 0.6) is 5.75 Å². The van der Waals surface area contributed by atoms with E-state index in [4.69, 9.17) is 4.74 Å². The number of nitrogens with one attached hydrogen (secondary N) is 1. The Bertz CT molecular complexity index is 876. The number of hydrogen-bond acceptors (Lipinski definition) is 6. The molecule has 7 heteroatoms. The van der Waals surface area contributed by atoms with E-state index >= 15 is 0 Å². The Balaban J connectivity index is 1.27. The molecule has 158 valence electrons. The maximum Gasteiger partial charge on any atom is 0.286 e. The fourth-order valence-electron chi connectivity index (χ4n) is 3.72. The van der Waals surface area contributed by atoms with Gasteiger partial charge in [0, 0.05) is 30.1 Å². The van der Waals surface area contributed by atoms with Gasteiger partial charge in [-0.2, -0.15) is 11.8 Å². The average molecular weight is 443 g/mol. The molecular weight excluding hydrogens is 416 g/mol. The van der Waals surface area contributed by atoms with Gasteiger partial charge in [0.1, 0.15) is 12.4 Å². The van der Waals surface area contributed by atoms with Crippen molar-refractivity contribution in [2.24, 2.45) is 0 Å². The molecule has 0 bridgehead atoms. The number of carbonyl (C=O) groups is 2. The summed E-state index contributed by atoms with van der Waals surface area (Å²) >= 11 is 3.10.